The molecular weight excluding hydrogens is 161 g/mol. The van der Waals surface area contributed by atoms with E-state index in [1.807, 2.05) is 0 Å². The highest BCUT2D eigenvalue weighted by molar-refractivity contribution is 6.59. The molecule has 0 aromatic carbocycles. The number of aromatic nitrogens is 1. The molecule has 6 heteroatoms. The number of nitrogens with one attached hydrogen (secondary N) is 1. The first-order valence-corrected chi connectivity index (χ1v) is 3.28. The molecular formula is C6H8BNO4. The van der Waals surface area contributed by atoms with Gasteiger partial charge in [0.2, 0.25) is 0 Å². The van der Waals surface area contributed by atoms with Crippen LogP contribution in [-0.2, 0) is 0 Å². The zero-order valence-corrected chi connectivity index (χ0v) is 6.44. The summed E-state index contributed by atoms with van der Waals surface area (Å²) in [7, 11) is -0.484. The van der Waals surface area contributed by atoms with Gasteiger partial charge in [-0.2, -0.15) is 0 Å². The average molecular weight is 169 g/mol. The van der Waals surface area contributed by atoms with E-state index in [2.05, 4.69) is 4.98 Å². The Bertz CT molecular complexity index is 322. The SMILES string of the molecule is COc1[nH]ccc(=O)c1B(O)O. The minimum absolute atomic E-state index is 0.0671. The fourth-order valence-corrected chi connectivity index (χ4v) is 0.886. The standard InChI is InChI=1S/C6H8BNO4/c1-12-6-5(7(10)11)4(9)2-3-8-6/h2-3,10-11H,1H3,(H,8,9). The van der Waals surface area contributed by atoms with Crippen LogP contribution < -0.4 is 15.6 Å². The molecule has 0 spiro atoms. The first-order chi connectivity index (χ1) is 5.66. The summed E-state index contributed by atoms with van der Waals surface area (Å²) in [5.41, 5.74) is -0.652. The molecule has 1 aromatic rings. The average Bonchev–Trinajstić information content (AvgIpc) is 2.03. The van der Waals surface area contributed by atoms with Crippen molar-refractivity contribution in [3.05, 3.63) is 22.5 Å². The summed E-state index contributed by atoms with van der Waals surface area (Å²) >= 11 is 0. The molecule has 64 valence electrons. The van der Waals surface area contributed by atoms with Crippen molar-refractivity contribution in [2.24, 2.45) is 0 Å². The van der Waals surface area contributed by atoms with E-state index in [1.165, 1.54) is 19.4 Å². The predicted octanol–water partition coefficient (Wildman–Crippen LogP) is -1.94. The number of H-pyrrole nitrogens is 1. The molecule has 0 amide bonds. The molecule has 12 heavy (non-hydrogen) atoms. The van der Waals surface area contributed by atoms with Crippen LogP contribution in [0.25, 0.3) is 0 Å². The number of ether oxygens (including phenoxy) is 1. The third-order valence-corrected chi connectivity index (χ3v) is 1.42. The van der Waals surface area contributed by atoms with Crippen LogP contribution in [0.3, 0.4) is 0 Å². The second kappa shape index (κ2) is 3.42. The third kappa shape index (κ3) is 1.49. The van der Waals surface area contributed by atoms with Crippen LogP contribution in [0.2, 0.25) is 0 Å². The van der Waals surface area contributed by atoms with E-state index in [0.29, 0.717) is 0 Å². The second-order valence-corrected chi connectivity index (χ2v) is 2.16. The van der Waals surface area contributed by atoms with Gasteiger partial charge in [-0.25, -0.2) is 0 Å². The highest BCUT2D eigenvalue weighted by Gasteiger charge is 2.20. The lowest BCUT2D eigenvalue weighted by molar-refractivity contribution is 0.390. The Morgan fingerprint density at radius 2 is 2.25 bits per heavy atom. The molecule has 1 aromatic heterocycles. The largest absolute Gasteiger partial charge is 0.498 e. The van der Waals surface area contributed by atoms with Crippen LogP contribution in [0.4, 0.5) is 0 Å². The molecule has 0 aliphatic rings. The Morgan fingerprint density at radius 1 is 1.58 bits per heavy atom. The fraction of sp³-hybridized carbons (Fsp3) is 0.167. The first kappa shape index (κ1) is 8.83. The van der Waals surface area contributed by atoms with Crippen LogP contribution in [0.15, 0.2) is 17.1 Å². The van der Waals surface area contributed by atoms with Crippen molar-refractivity contribution in [2.45, 2.75) is 0 Å². The van der Waals surface area contributed by atoms with E-state index in [-0.39, 0.29) is 11.3 Å². The van der Waals surface area contributed by atoms with Gasteiger partial charge in [0, 0.05) is 12.3 Å². The molecule has 5 nitrogen and oxygen atoms in total. The smallest absolute Gasteiger partial charge is 0.482 e. The van der Waals surface area contributed by atoms with Crippen LogP contribution in [-0.4, -0.2) is 29.3 Å². The van der Waals surface area contributed by atoms with Crippen molar-refractivity contribution in [3.63, 3.8) is 0 Å². The summed E-state index contributed by atoms with van der Waals surface area (Å²) in [5, 5.41) is 17.5. The lowest BCUT2D eigenvalue weighted by atomic mass is 9.81. The summed E-state index contributed by atoms with van der Waals surface area (Å²) in [5.74, 6) is 0.0671. The summed E-state index contributed by atoms with van der Waals surface area (Å²) in [4.78, 5) is 13.6. The molecule has 0 saturated heterocycles. The summed E-state index contributed by atoms with van der Waals surface area (Å²) in [6.45, 7) is 0. The molecule has 3 N–H and O–H groups in total. The molecule has 0 saturated carbocycles. The second-order valence-electron chi connectivity index (χ2n) is 2.16. The minimum atomic E-state index is -1.81. The van der Waals surface area contributed by atoms with Gasteiger partial charge in [0.05, 0.1) is 12.6 Å². The van der Waals surface area contributed by atoms with Gasteiger partial charge >= 0.3 is 7.12 Å². The van der Waals surface area contributed by atoms with Crippen molar-refractivity contribution < 1.29 is 14.8 Å². The van der Waals surface area contributed by atoms with Crippen LogP contribution in [0, 0.1) is 0 Å². The predicted molar refractivity (Wildman–Crippen MR) is 43.4 cm³/mol. The fourth-order valence-electron chi connectivity index (χ4n) is 0.886. The molecule has 1 rings (SSSR count). The maximum atomic E-state index is 11.0. The van der Waals surface area contributed by atoms with E-state index < -0.39 is 12.5 Å². The van der Waals surface area contributed by atoms with E-state index in [1.54, 1.807) is 0 Å². The van der Waals surface area contributed by atoms with Gasteiger partial charge in [-0.3, -0.25) is 4.79 Å². The molecule has 0 aliphatic carbocycles. The summed E-state index contributed by atoms with van der Waals surface area (Å²) in [6.07, 6.45) is 1.37. The quantitative estimate of drug-likeness (QED) is 0.450. The van der Waals surface area contributed by atoms with Gasteiger partial charge < -0.3 is 19.8 Å². The number of methoxy groups -OCH3 is 1. The number of hydrogen-bond acceptors (Lipinski definition) is 4. The molecule has 0 bridgehead atoms. The zero-order valence-electron chi connectivity index (χ0n) is 6.44. The summed E-state index contributed by atoms with van der Waals surface area (Å²) in [6, 6.07) is 1.19. The molecule has 0 aliphatic heterocycles. The van der Waals surface area contributed by atoms with Crippen LogP contribution in [0.5, 0.6) is 5.88 Å². The molecule has 0 unspecified atom stereocenters. The van der Waals surface area contributed by atoms with Crippen LogP contribution >= 0.6 is 0 Å². The van der Waals surface area contributed by atoms with Crippen molar-refractivity contribution >= 4 is 12.6 Å². The maximum absolute atomic E-state index is 11.0. The van der Waals surface area contributed by atoms with Crippen molar-refractivity contribution in [1.82, 2.24) is 4.98 Å². The van der Waals surface area contributed by atoms with E-state index in [4.69, 9.17) is 14.8 Å². The first-order valence-electron chi connectivity index (χ1n) is 3.28. The van der Waals surface area contributed by atoms with Crippen molar-refractivity contribution in [2.75, 3.05) is 7.11 Å². The van der Waals surface area contributed by atoms with Gasteiger partial charge in [0.25, 0.3) is 0 Å². The summed E-state index contributed by atoms with van der Waals surface area (Å²) < 4.78 is 4.71. The zero-order chi connectivity index (χ0) is 9.14. The van der Waals surface area contributed by atoms with Gasteiger partial charge in [0.1, 0.15) is 0 Å². The Morgan fingerprint density at radius 3 is 2.67 bits per heavy atom. The number of hydrogen-bond donors (Lipinski definition) is 3. The number of aromatic amines is 1. The van der Waals surface area contributed by atoms with Gasteiger partial charge in [-0.1, -0.05) is 0 Å². The monoisotopic (exact) mass is 169 g/mol. The number of rotatable bonds is 2. The topological polar surface area (TPSA) is 82.6 Å². The van der Waals surface area contributed by atoms with Crippen LogP contribution in [0.1, 0.15) is 0 Å². The lowest BCUT2D eigenvalue weighted by Gasteiger charge is -2.04. The Labute approximate surface area is 68.8 Å². The van der Waals surface area contributed by atoms with E-state index in [0.717, 1.165) is 0 Å². The van der Waals surface area contributed by atoms with Crippen molar-refractivity contribution in [1.29, 1.82) is 0 Å². The van der Waals surface area contributed by atoms with E-state index >= 15 is 0 Å². The Balaban J connectivity index is 3.30. The highest BCUT2D eigenvalue weighted by atomic mass is 16.5. The Kier molecular flexibility index (Phi) is 2.52. The van der Waals surface area contributed by atoms with Gasteiger partial charge in [0.15, 0.2) is 11.3 Å². The number of pyridine rings is 1. The lowest BCUT2D eigenvalue weighted by Crippen LogP contribution is -2.42. The van der Waals surface area contributed by atoms with E-state index in [9.17, 15) is 4.79 Å². The molecule has 0 fully saturated rings. The Hall–Kier alpha value is -1.27. The maximum Gasteiger partial charge on any atom is 0.498 e. The molecule has 0 radical (unpaired) electrons. The highest BCUT2D eigenvalue weighted by Crippen LogP contribution is 1.95. The molecule has 0 atom stereocenters. The van der Waals surface area contributed by atoms with Crippen molar-refractivity contribution in [3.8, 4) is 5.88 Å². The third-order valence-electron chi connectivity index (χ3n) is 1.42. The van der Waals surface area contributed by atoms with Gasteiger partial charge in [-0.05, 0) is 0 Å². The minimum Gasteiger partial charge on any atom is -0.482 e. The normalized spacial score (nSPS) is 9.58. The van der Waals surface area contributed by atoms with Gasteiger partial charge in [-0.15, -0.1) is 0 Å². The molecule has 1 heterocycles.